The third-order valence-corrected chi connectivity index (χ3v) is 8.93. The molecule has 0 saturated heterocycles. The molecule has 0 bridgehead atoms. The van der Waals surface area contributed by atoms with Crippen LogP contribution in [0.4, 0.5) is 5.69 Å². The minimum atomic E-state index is -0.0997. The SMILES string of the molecule is C=Nc1c(/C=C\C)n(-c2ccccc2)c2c1cnc1c3ccccc3n(-c3ccc4c(c3)C(C)(C)c3ccccc3-4)c12. The number of benzene rings is 4. The van der Waals surface area contributed by atoms with E-state index in [4.69, 9.17) is 4.98 Å². The van der Waals surface area contributed by atoms with E-state index in [0.29, 0.717) is 0 Å². The summed E-state index contributed by atoms with van der Waals surface area (Å²) in [6.45, 7) is 10.7. The molecule has 0 fully saturated rings. The van der Waals surface area contributed by atoms with Crippen molar-refractivity contribution in [2.24, 2.45) is 4.99 Å². The van der Waals surface area contributed by atoms with Crippen molar-refractivity contribution in [1.29, 1.82) is 0 Å². The van der Waals surface area contributed by atoms with Crippen LogP contribution in [0.5, 0.6) is 0 Å². The lowest BCUT2D eigenvalue weighted by Gasteiger charge is -2.22. The maximum Gasteiger partial charge on any atom is 0.0985 e. The zero-order chi connectivity index (χ0) is 28.6. The van der Waals surface area contributed by atoms with E-state index in [2.05, 4.69) is 144 Å². The van der Waals surface area contributed by atoms with Crippen molar-refractivity contribution in [3.05, 3.63) is 126 Å². The van der Waals surface area contributed by atoms with Crippen molar-refractivity contribution in [2.45, 2.75) is 26.2 Å². The van der Waals surface area contributed by atoms with Gasteiger partial charge in [-0.1, -0.05) is 86.7 Å². The smallest absolute Gasteiger partial charge is 0.0985 e. The lowest BCUT2D eigenvalue weighted by Crippen LogP contribution is -2.15. The molecular formula is C38H30N4. The van der Waals surface area contributed by atoms with Crippen molar-refractivity contribution >= 4 is 51.3 Å². The Morgan fingerprint density at radius 1 is 0.738 bits per heavy atom. The van der Waals surface area contributed by atoms with E-state index in [1.165, 1.54) is 22.3 Å². The van der Waals surface area contributed by atoms with E-state index in [1.807, 2.05) is 13.1 Å². The lowest BCUT2D eigenvalue weighted by atomic mass is 9.82. The molecular weight excluding hydrogens is 512 g/mol. The Hall–Kier alpha value is -5.22. The number of fused-ring (bicyclic) bond motifs is 8. The first-order valence-electron chi connectivity index (χ1n) is 14.4. The maximum absolute atomic E-state index is 5.09. The normalized spacial score (nSPS) is 13.8. The van der Waals surface area contributed by atoms with Crippen LogP contribution in [0.15, 0.2) is 114 Å². The van der Waals surface area contributed by atoms with Crippen LogP contribution in [-0.2, 0) is 5.41 Å². The van der Waals surface area contributed by atoms with Gasteiger partial charge in [-0.2, -0.15) is 0 Å². The predicted octanol–water partition coefficient (Wildman–Crippen LogP) is 9.79. The van der Waals surface area contributed by atoms with Gasteiger partial charge in [-0.15, -0.1) is 0 Å². The molecule has 0 radical (unpaired) electrons. The molecule has 4 nitrogen and oxygen atoms in total. The third-order valence-electron chi connectivity index (χ3n) is 8.93. The summed E-state index contributed by atoms with van der Waals surface area (Å²) < 4.78 is 4.71. The second-order valence-electron chi connectivity index (χ2n) is 11.5. The summed E-state index contributed by atoms with van der Waals surface area (Å²) in [5.41, 5.74) is 13.5. The Balaban J connectivity index is 1.55. The van der Waals surface area contributed by atoms with E-state index in [9.17, 15) is 0 Å². The molecule has 3 heterocycles. The fraction of sp³-hybridized carbons (Fsp3) is 0.105. The first-order chi connectivity index (χ1) is 20.5. The highest BCUT2D eigenvalue weighted by atomic mass is 15.1. The van der Waals surface area contributed by atoms with Gasteiger partial charge in [0.2, 0.25) is 0 Å². The molecule has 3 aromatic heterocycles. The highest BCUT2D eigenvalue weighted by Crippen LogP contribution is 2.50. The van der Waals surface area contributed by atoms with Gasteiger partial charge in [0, 0.05) is 33.8 Å². The number of nitrogens with zero attached hydrogens (tertiary/aromatic N) is 4. The molecule has 4 aromatic carbocycles. The Labute approximate surface area is 244 Å². The van der Waals surface area contributed by atoms with Crippen molar-refractivity contribution in [3.63, 3.8) is 0 Å². The number of pyridine rings is 1. The van der Waals surface area contributed by atoms with Gasteiger partial charge in [0.05, 0.1) is 33.4 Å². The molecule has 0 N–H and O–H groups in total. The second-order valence-corrected chi connectivity index (χ2v) is 11.5. The summed E-state index contributed by atoms with van der Waals surface area (Å²) in [7, 11) is 0. The molecule has 1 aliphatic rings. The Kier molecular flexibility index (Phi) is 5.20. The van der Waals surface area contributed by atoms with Crippen molar-refractivity contribution in [1.82, 2.24) is 14.1 Å². The van der Waals surface area contributed by atoms with Gasteiger partial charge in [0.25, 0.3) is 0 Å². The number of hydrogen-bond acceptors (Lipinski definition) is 2. The third kappa shape index (κ3) is 3.18. The van der Waals surface area contributed by atoms with Crippen molar-refractivity contribution in [3.8, 4) is 22.5 Å². The second kappa shape index (κ2) is 8.89. The molecule has 0 amide bonds. The predicted molar refractivity (Wildman–Crippen MR) is 177 cm³/mol. The van der Waals surface area contributed by atoms with E-state index in [1.54, 1.807) is 0 Å². The van der Waals surface area contributed by atoms with E-state index in [0.717, 1.165) is 55.6 Å². The van der Waals surface area contributed by atoms with Crippen LogP contribution in [0.3, 0.4) is 0 Å². The number of aliphatic imine (C=N–C) groups is 1. The van der Waals surface area contributed by atoms with Gasteiger partial charge in [-0.25, -0.2) is 0 Å². The molecule has 8 rings (SSSR count). The molecule has 0 aliphatic heterocycles. The minimum Gasteiger partial charge on any atom is -0.306 e. The fourth-order valence-electron chi connectivity index (χ4n) is 7.08. The van der Waals surface area contributed by atoms with E-state index < -0.39 is 0 Å². The topological polar surface area (TPSA) is 35.1 Å². The van der Waals surface area contributed by atoms with Crippen molar-refractivity contribution < 1.29 is 0 Å². The van der Waals surface area contributed by atoms with Gasteiger partial charge in [-0.05, 0) is 72.3 Å². The van der Waals surface area contributed by atoms with Crippen molar-refractivity contribution in [2.75, 3.05) is 0 Å². The fourth-order valence-corrected chi connectivity index (χ4v) is 7.08. The van der Waals surface area contributed by atoms with Crippen LogP contribution < -0.4 is 0 Å². The Bertz CT molecular complexity index is 2240. The molecule has 1 aliphatic carbocycles. The van der Waals surface area contributed by atoms with Gasteiger partial charge in [0.15, 0.2) is 0 Å². The summed E-state index contributed by atoms with van der Waals surface area (Å²) in [6, 6.07) is 34.8. The lowest BCUT2D eigenvalue weighted by molar-refractivity contribution is 0.660. The minimum absolute atomic E-state index is 0.0997. The molecule has 0 spiro atoms. The van der Waals surface area contributed by atoms with Crippen LogP contribution in [0, 0.1) is 0 Å². The monoisotopic (exact) mass is 542 g/mol. The number of rotatable bonds is 4. The first kappa shape index (κ1) is 24.6. The molecule has 202 valence electrons. The number of hydrogen-bond donors (Lipinski definition) is 0. The quantitative estimate of drug-likeness (QED) is 0.204. The average molecular weight is 543 g/mol. The van der Waals surface area contributed by atoms with Gasteiger partial charge >= 0.3 is 0 Å². The average Bonchev–Trinajstić information content (AvgIpc) is 3.61. The Morgan fingerprint density at radius 3 is 2.29 bits per heavy atom. The van der Waals surface area contributed by atoms with Gasteiger partial charge in [0.1, 0.15) is 0 Å². The molecule has 42 heavy (non-hydrogen) atoms. The van der Waals surface area contributed by atoms with Gasteiger partial charge in [-0.3, -0.25) is 9.98 Å². The summed E-state index contributed by atoms with van der Waals surface area (Å²) >= 11 is 0. The molecule has 7 aromatic rings. The van der Waals surface area contributed by atoms with E-state index >= 15 is 0 Å². The zero-order valence-corrected chi connectivity index (χ0v) is 24.0. The summed E-state index contributed by atoms with van der Waals surface area (Å²) in [6.07, 6.45) is 6.14. The molecule has 0 atom stereocenters. The largest absolute Gasteiger partial charge is 0.306 e. The number of para-hydroxylation sites is 2. The maximum atomic E-state index is 5.09. The van der Waals surface area contributed by atoms with Crippen LogP contribution >= 0.6 is 0 Å². The highest BCUT2D eigenvalue weighted by Gasteiger charge is 2.35. The molecule has 0 saturated carbocycles. The molecule has 0 unspecified atom stereocenters. The van der Waals surface area contributed by atoms with Gasteiger partial charge < -0.3 is 9.13 Å². The van der Waals surface area contributed by atoms with Crippen LogP contribution in [0.1, 0.15) is 37.6 Å². The first-order valence-corrected chi connectivity index (χ1v) is 14.4. The summed E-state index contributed by atoms with van der Waals surface area (Å²) in [5.74, 6) is 0. The number of allylic oxidation sites excluding steroid dienone is 1. The Morgan fingerprint density at radius 2 is 1.48 bits per heavy atom. The summed E-state index contributed by atoms with van der Waals surface area (Å²) in [4.78, 5) is 9.63. The standard InChI is InChI=1S/C38H30N4/c1-5-13-33-34(39-4)29-23-40-35-28-17-10-12-19-32(28)42(37(35)36(29)41(33)24-14-7-6-8-15-24)25-20-21-27-26-16-9-11-18-30(26)38(2,3)31(27)22-25/h5-23H,4H2,1-3H3/b13-5-. The molecule has 4 heteroatoms. The number of aromatic nitrogens is 3. The highest BCUT2D eigenvalue weighted by molar-refractivity contribution is 6.18. The summed E-state index contributed by atoms with van der Waals surface area (Å²) in [5, 5.41) is 2.10. The van der Waals surface area contributed by atoms with Crippen LogP contribution in [0.2, 0.25) is 0 Å². The van der Waals surface area contributed by atoms with Crippen LogP contribution in [0.25, 0.3) is 61.4 Å². The van der Waals surface area contributed by atoms with Crippen LogP contribution in [-0.4, -0.2) is 20.8 Å². The zero-order valence-electron chi connectivity index (χ0n) is 24.0. The van der Waals surface area contributed by atoms with E-state index in [-0.39, 0.29) is 5.41 Å².